The minimum atomic E-state index is 0.146. The van der Waals surface area contributed by atoms with E-state index in [0.717, 1.165) is 12.8 Å². The van der Waals surface area contributed by atoms with Crippen molar-refractivity contribution in [3.8, 4) is 0 Å². The van der Waals surface area contributed by atoms with Crippen molar-refractivity contribution in [3.63, 3.8) is 0 Å². The molecule has 72 valence electrons. The molecule has 0 fully saturated rings. The predicted octanol–water partition coefficient (Wildman–Crippen LogP) is 3.12. The van der Waals surface area contributed by atoms with Crippen LogP contribution < -0.4 is 0 Å². The Kier molecular flexibility index (Phi) is 3.07. The molecule has 0 aromatic rings. The Labute approximate surface area is 80.5 Å². The van der Waals surface area contributed by atoms with E-state index in [4.69, 9.17) is 0 Å². The van der Waals surface area contributed by atoms with Gasteiger partial charge in [0.25, 0.3) is 0 Å². The van der Waals surface area contributed by atoms with Gasteiger partial charge in [-0.3, -0.25) is 4.79 Å². The van der Waals surface area contributed by atoms with Gasteiger partial charge >= 0.3 is 0 Å². The van der Waals surface area contributed by atoms with Crippen molar-refractivity contribution in [2.24, 2.45) is 11.3 Å². The Bertz CT molecular complexity index is 246. The van der Waals surface area contributed by atoms with Crippen LogP contribution in [0.5, 0.6) is 0 Å². The van der Waals surface area contributed by atoms with E-state index in [-0.39, 0.29) is 5.78 Å². The van der Waals surface area contributed by atoms with E-state index in [1.165, 1.54) is 0 Å². The lowest BCUT2D eigenvalue weighted by molar-refractivity contribution is -0.112. The van der Waals surface area contributed by atoms with Gasteiger partial charge in [0.05, 0.1) is 0 Å². The number of hydrogen-bond acceptors (Lipinski definition) is 1. The summed E-state index contributed by atoms with van der Waals surface area (Å²) in [5, 5.41) is 0. The SMILES string of the molecule is CC(=O)C=CC1CC=CC(C)(C)C1. The van der Waals surface area contributed by atoms with Gasteiger partial charge in [0, 0.05) is 0 Å². The van der Waals surface area contributed by atoms with Gasteiger partial charge in [0.1, 0.15) is 0 Å². The number of carbonyl (C=O) groups excluding carboxylic acids is 1. The number of allylic oxidation sites excluding steroid dienone is 4. The molecule has 1 rings (SSSR count). The molecule has 0 aliphatic heterocycles. The van der Waals surface area contributed by atoms with Crippen molar-refractivity contribution < 1.29 is 4.79 Å². The summed E-state index contributed by atoms with van der Waals surface area (Å²) >= 11 is 0. The van der Waals surface area contributed by atoms with Crippen LogP contribution in [0.4, 0.5) is 0 Å². The zero-order valence-electron chi connectivity index (χ0n) is 8.71. The maximum Gasteiger partial charge on any atom is 0.152 e. The molecule has 0 N–H and O–H groups in total. The molecule has 0 heterocycles. The van der Waals surface area contributed by atoms with Gasteiger partial charge in [-0.25, -0.2) is 0 Å². The molecule has 1 aliphatic rings. The molecule has 0 saturated heterocycles. The third-order valence-corrected chi connectivity index (χ3v) is 2.40. The van der Waals surface area contributed by atoms with E-state index in [1.807, 2.05) is 6.08 Å². The fourth-order valence-corrected chi connectivity index (χ4v) is 1.81. The van der Waals surface area contributed by atoms with Gasteiger partial charge in [0.2, 0.25) is 0 Å². The number of ketones is 1. The van der Waals surface area contributed by atoms with Crippen LogP contribution >= 0.6 is 0 Å². The maximum atomic E-state index is 10.7. The van der Waals surface area contributed by atoms with Crippen molar-refractivity contribution in [3.05, 3.63) is 24.3 Å². The van der Waals surface area contributed by atoms with E-state index in [1.54, 1.807) is 13.0 Å². The molecule has 1 heteroatoms. The molecule has 1 nitrogen and oxygen atoms in total. The van der Waals surface area contributed by atoms with Crippen LogP contribution in [0.3, 0.4) is 0 Å². The fraction of sp³-hybridized carbons (Fsp3) is 0.583. The molecule has 13 heavy (non-hydrogen) atoms. The van der Waals surface area contributed by atoms with Gasteiger partial charge in [-0.1, -0.05) is 32.1 Å². The van der Waals surface area contributed by atoms with Gasteiger partial charge in [0.15, 0.2) is 5.78 Å². The first kappa shape index (κ1) is 10.2. The molecule has 0 saturated carbocycles. The van der Waals surface area contributed by atoms with E-state index < -0.39 is 0 Å². The monoisotopic (exact) mass is 178 g/mol. The first-order valence-corrected chi connectivity index (χ1v) is 4.86. The van der Waals surface area contributed by atoms with Crippen molar-refractivity contribution in [1.82, 2.24) is 0 Å². The summed E-state index contributed by atoms with van der Waals surface area (Å²) in [6.45, 7) is 6.06. The number of carbonyl (C=O) groups is 1. The predicted molar refractivity (Wildman–Crippen MR) is 55.5 cm³/mol. The topological polar surface area (TPSA) is 17.1 Å². The third kappa shape index (κ3) is 3.58. The molecule has 1 aliphatic carbocycles. The third-order valence-electron chi connectivity index (χ3n) is 2.40. The van der Waals surface area contributed by atoms with Crippen LogP contribution in [0.25, 0.3) is 0 Å². The lowest BCUT2D eigenvalue weighted by Crippen LogP contribution is -2.16. The second-order valence-electron chi connectivity index (χ2n) is 4.56. The van der Waals surface area contributed by atoms with Crippen LogP contribution in [0.1, 0.15) is 33.6 Å². The molecule has 0 radical (unpaired) electrons. The van der Waals surface area contributed by atoms with Crippen molar-refractivity contribution in [2.45, 2.75) is 33.6 Å². The van der Waals surface area contributed by atoms with Crippen LogP contribution in [-0.2, 0) is 4.79 Å². The van der Waals surface area contributed by atoms with E-state index >= 15 is 0 Å². The lowest BCUT2D eigenvalue weighted by atomic mass is 9.77. The van der Waals surface area contributed by atoms with Crippen LogP contribution in [0.2, 0.25) is 0 Å². The van der Waals surface area contributed by atoms with Gasteiger partial charge < -0.3 is 0 Å². The molecule has 0 spiro atoms. The van der Waals surface area contributed by atoms with E-state index in [9.17, 15) is 4.79 Å². The molecular formula is C12H18O. The Hall–Kier alpha value is -0.850. The summed E-state index contributed by atoms with van der Waals surface area (Å²) in [6.07, 6.45) is 10.5. The van der Waals surface area contributed by atoms with Crippen LogP contribution in [0.15, 0.2) is 24.3 Å². The summed E-state index contributed by atoms with van der Waals surface area (Å²) in [5.41, 5.74) is 0.296. The van der Waals surface area contributed by atoms with E-state index in [2.05, 4.69) is 26.0 Å². The Morgan fingerprint density at radius 1 is 1.54 bits per heavy atom. The number of rotatable bonds is 2. The van der Waals surface area contributed by atoms with E-state index in [0.29, 0.717) is 11.3 Å². The normalized spacial score (nSPS) is 26.5. The molecule has 1 unspecified atom stereocenters. The first-order valence-electron chi connectivity index (χ1n) is 4.86. The Morgan fingerprint density at radius 3 is 2.77 bits per heavy atom. The summed E-state index contributed by atoms with van der Waals surface area (Å²) in [7, 11) is 0. The zero-order valence-corrected chi connectivity index (χ0v) is 8.71. The largest absolute Gasteiger partial charge is 0.295 e. The summed E-state index contributed by atoms with van der Waals surface area (Å²) in [5.74, 6) is 0.691. The molecular weight excluding hydrogens is 160 g/mol. The van der Waals surface area contributed by atoms with Crippen molar-refractivity contribution in [1.29, 1.82) is 0 Å². The summed E-state index contributed by atoms with van der Waals surface area (Å²) in [4.78, 5) is 10.7. The fourth-order valence-electron chi connectivity index (χ4n) is 1.81. The standard InChI is InChI=1S/C12H18O/c1-10(13)6-7-11-5-4-8-12(2,3)9-11/h4,6-8,11H,5,9H2,1-3H3. The van der Waals surface area contributed by atoms with Crippen molar-refractivity contribution in [2.75, 3.05) is 0 Å². The quantitative estimate of drug-likeness (QED) is 0.469. The highest BCUT2D eigenvalue weighted by Gasteiger charge is 2.21. The smallest absolute Gasteiger partial charge is 0.152 e. The maximum absolute atomic E-state index is 10.7. The van der Waals surface area contributed by atoms with Gasteiger partial charge in [-0.15, -0.1) is 0 Å². The summed E-state index contributed by atoms with van der Waals surface area (Å²) in [6, 6.07) is 0. The Balaban J connectivity index is 2.56. The zero-order chi connectivity index (χ0) is 9.90. The van der Waals surface area contributed by atoms with Gasteiger partial charge in [-0.2, -0.15) is 0 Å². The highest BCUT2D eigenvalue weighted by Crippen LogP contribution is 2.33. The van der Waals surface area contributed by atoms with Gasteiger partial charge in [-0.05, 0) is 37.2 Å². The summed E-state index contributed by atoms with van der Waals surface area (Å²) < 4.78 is 0. The molecule has 0 aromatic heterocycles. The number of hydrogen-bond donors (Lipinski definition) is 0. The second kappa shape index (κ2) is 3.91. The molecule has 0 bridgehead atoms. The first-order chi connectivity index (χ1) is 5.99. The highest BCUT2D eigenvalue weighted by atomic mass is 16.1. The van der Waals surface area contributed by atoms with Crippen LogP contribution in [-0.4, -0.2) is 5.78 Å². The minimum absolute atomic E-state index is 0.146. The highest BCUT2D eigenvalue weighted by molar-refractivity contribution is 5.87. The van der Waals surface area contributed by atoms with Crippen molar-refractivity contribution >= 4 is 5.78 Å². The molecule has 1 atom stereocenters. The average Bonchev–Trinajstić information content (AvgIpc) is 1.99. The lowest BCUT2D eigenvalue weighted by Gasteiger charge is -2.28. The molecule has 0 amide bonds. The second-order valence-corrected chi connectivity index (χ2v) is 4.56. The molecule has 0 aromatic carbocycles. The van der Waals surface area contributed by atoms with Crippen LogP contribution in [0, 0.1) is 11.3 Å². The Morgan fingerprint density at radius 2 is 2.23 bits per heavy atom. The average molecular weight is 178 g/mol. The minimum Gasteiger partial charge on any atom is -0.295 e.